The number of nitrogens with two attached hydrogens (primary N) is 1. The Labute approximate surface area is 162 Å². The summed E-state index contributed by atoms with van der Waals surface area (Å²) in [6, 6.07) is 1.54. The van der Waals surface area contributed by atoms with Crippen LogP contribution in [-0.2, 0) is 14.1 Å². The summed E-state index contributed by atoms with van der Waals surface area (Å²) in [5.74, 6) is -0.171. The molecule has 0 aliphatic carbocycles. The van der Waals surface area contributed by atoms with Gasteiger partial charge in [0.15, 0.2) is 0 Å². The maximum Gasteiger partial charge on any atom is 0.332 e. The van der Waals surface area contributed by atoms with E-state index in [-0.39, 0.29) is 47.8 Å². The van der Waals surface area contributed by atoms with E-state index in [0.29, 0.717) is 18.7 Å². The molecule has 26 heavy (non-hydrogen) atoms. The third-order valence-corrected chi connectivity index (χ3v) is 4.70. The Bertz CT molecular complexity index is 924. The molecule has 2 N–H and O–H groups in total. The summed E-state index contributed by atoms with van der Waals surface area (Å²) in [7, 11) is 2.96. The van der Waals surface area contributed by atoms with E-state index in [0.717, 1.165) is 23.8 Å². The smallest absolute Gasteiger partial charge is 0.332 e. The van der Waals surface area contributed by atoms with Crippen LogP contribution in [0.2, 0.25) is 0 Å². The normalized spacial score (nSPS) is 16.7. The summed E-state index contributed by atoms with van der Waals surface area (Å²) in [6.45, 7) is 1.08. The van der Waals surface area contributed by atoms with Crippen LogP contribution in [0.5, 0.6) is 0 Å². The highest BCUT2D eigenvalue weighted by Crippen LogP contribution is 2.19. The van der Waals surface area contributed by atoms with Gasteiger partial charge in [0, 0.05) is 39.4 Å². The first-order chi connectivity index (χ1) is 11.5. The molecule has 1 amide bonds. The number of aromatic nitrogens is 3. The molecule has 1 aliphatic rings. The molecule has 1 atom stereocenters. The van der Waals surface area contributed by atoms with Crippen LogP contribution in [0.4, 0.5) is 0 Å². The minimum Gasteiger partial charge on any atom is -0.334 e. The van der Waals surface area contributed by atoms with Crippen molar-refractivity contribution >= 4 is 41.8 Å². The number of piperidine rings is 1. The van der Waals surface area contributed by atoms with Crippen LogP contribution in [-0.4, -0.2) is 44.1 Å². The lowest BCUT2D eigenvalue weighted by molar-refractivity contribution is 0.0623. The zero-order chi connectivity index (χ0) is 17.4. The van der Waals surface area contributed by atoms with E-state index in [2.05, 4.69) is 4.98 Å². The first-order valence-corrected chi connectivity index (χ1v) is 8.02. The molecule has 144 valence electrons. The highest BCUT2D eigenvalue weighted by atomic mass is 35.5. The fourth-order valence-corrected chi connectivity index (χ4v) is 3.26. The molecule has 1 fully saturated rings. The highest BCUT2D eigenvalue weighted by Gasteiger charge is 2.27. The Balaban J connectivity index is 0.00000169. The van der Waals surface area contributed by atoms with Crippen LogP contribution >= 0.6 is 24.8 Å². The number of halogens is 2. The van der Waals surface area contributed by atoms with Crippen molar-refractivity contribution in [2.45, 2.75) is 25.3 Å². The Morgan fingerprint density at radius 2 is 1.92 bits per heavy atom. The minimum absolute atomic E-state index is 0. The highest BCUT2D eigenvalue weighted by molar-refractivity contribution is 5.97. The van der Waals surface area contributed by atoms with Gasteiger partial charge in [0.25, 0.3) is 11.5 Å². The molecule has 0 saturated carbocycles. The molecule has 2 aromatic rings. The number of carbonyl (C=O) groups is 1. The summed E-state index contributed by atoms with van der Waals surface area (Å²) in [5, 5.41) is 0.256. The molecule has 0 radical (unpaired) electrons. The second-order valence-corrected chi connectivity index (χ2v) is 6.18. The van der Waals surface area contributed by atoms with E-state index >= 15 is 0 Å². The third kappa shape index (κ3) is 3.62. The van der Waals surface area contributed by atoms with Crippen molar-refractivity contribution in [2.75, 3.05) is 13.1 Å². The summed E-state index contributed by atoms with van der Waals surface area (Å²) in [4.78, 5) is 43.0. The van der Waals surface area contributed by atoms with Gasteiger partial charge in [-0.05, 0) is 25.3 Å². The number of hydrogen-bond acceptors (Lipinski definition) is 5. The van der Waals surface area contributed by atoms with Crippen LogP contribution in [0.15, 0.2) is 21.9 Å². The molecule has 10 heteroatoms. The standard InChI is InChI=1S/C16H21N5O3.2ClH/c1-19-13-12(15(23)20(2)16(19)24)7-10(9-18-13)14(22)21-6-4-3-5-11(21)8-17;;/h7,9,11H,3-6,8,17H2,1-2H3;2*1H. The molecule has 3 heterocycles. The Morgan fingerprint density at radius 1 is 1.23 bits per heavy atom. The zero-order valence-corrected chi connectivity index (χ0v) is 16.3. The molecule has 8 nitrogen and oxygen atoms in total. The number of amides is 1. The number of nitrogens with zero attached hydrogens (tertiary/aromatic N) is 4. The van der Waals surface area contributed by atoms with E-state index < -0.39 is 11.2 Å². The SMILES string of the molecule is Cl.Cl.Cn1c(=O)c2cc(C(=O)N3CCCCC3CN)cnc2n(C)c1=O. The Morgan fingerprint density at radius 3 is 2.58 bits per heavy atom. The number of hydrogen-bond donors (Lipinski definition) is 1. The van der Waals surface area contributed by atoms with Crippen LogP contribution in [0.3, 0.4) is 0 Å². The zero-order valence-electron chi connectivity index (χ0n) is 14.7. The number of fused-ring (bicyclic) bond motifs is 1. The van der Waals surface area contributed by atoms with Gasteiger partial charge in [-0.25, -0.2) is 9.78 Å². The molecule has 0 aromatic carbocycles. The maximum absolute atomic E-state index is 12.8. The number of carbonyl (C=O) groups excluding carboxylic acids is 1. The van der Waals surface area contributed by atoms with E-state index in [1.807, 2.05) is 0 Å². The van der Waals surface area contributed by atoms with Gasteiger partial charge >= 0.3 is 5.69 Å². The van der Waals surface area contributed by atoms with Gasteiger partial charge in [0.1, 0.15) is 5.65 Å². The fraction of sp³-hybridized carbons (Fsp3) is 0.500. The maximum atomic E-state index is 12.8. The largest absolute Gasteiger partial charge is 0.334 e. The molecular weight excluding hydrogens is 381 g/mol. The summed E-state index contributed by atoms with van der Waals surface area (Å²) < 4.78 is 2.32. The van der Waals surface area contributed by atoms with Gasteiger partial charge in [-0.2, -0.15) is 0 Å². The first-order valence-electron chi connectivity index (χ1n) is 8.02. The molecule has 3 rings (SSSR count). The van der Waals surface area contributed by atoms with Gasteiger partial charge in [-0.1, -0.05) is 0 Å². The predicted octanol–water partition coefficient (Wildman–Crippen LogP) is 0.429. The van der Waals surface area contributed by atoms with Crippen LogP contribution in [0.25, 0.3) is 11.0 Å². The van der Waals surface area contributed by atoms with Gasteiger partial charge in [-0.15, -0.1) is 24.8 Å². The second-order valence-electron chi connectivity index (χ2n) is 6.18. The second kappa shape index (κ2) is 8.66. The van der Waals surface area contributed by atoms with Gasteiger partial charge in [-0.3, -0.25) is 18.7 Å². The number of aryl methyl sites for hydroxylation is 1. The lowest BCUT2D eigenvalue weighted by atomic mass is 10.0. The summed E-state index contributed by atoms with van der Waals surface area (Å²) in [6.07, 6.45) is 4.31. The van der Waals surface area contributed by atoms with Gasteiger partial charge in [0.05, 0.1) is 10.9 Å². The molecule has 1 unspecified atom stereocenters. The van der Waals surface area contributed by atoms with Gasteiger partial charge in [0.2, 0.25) is 0 Å². The van der Waals surface area contributed by atoms with Crippen molar-refractivity contribution in [2.24, 2.45) is 19.8 Å². The molecule has 0 spiro atoms. The lowest BCUT2D eigenvalue weighted by Crippen LogP contribution is -2.47. The number of pyridine rings is 1. The van der Waals surface area contributed by atoms with Crippen molar-refractivity contribution in [3.63, 3.8) is 0 Å². The van der Waals surface area contributed by atoms with Crippen molar-refractivity contribution in [1.82, 2.24) is 19.0 Å². The summed E-state index contributed by atoms with van der Waals surface area (Å²) in [5.41, 5.74) is 5.50. The monoisotopic (exact) mass is 403 g/mol. The van der Waals surface area contributed by atoms with E-state index in [9.17, 15) is 14.4 Å². The van der Waals surface area contributed by atoms with Crippen LogP contribution in [0.1, 0.15) is 29.6 Å². The van der Waals surface area contributed by atoms with Crippen LogP contribution < -0.4 is 17.0 Å². The average molecular weight is 404 g/mol. The van der Waals surface area contributed by atoms with Crippen molar-refractivity contribution in [3.8, 4) is 0 Å². The quantitative estimate of drug-likeness (QED) is 0.782. The molecule has 1 aliphatic heterocycles. The predicted molar refractivity (Wildman–Crippen MR) is 104 cm³/mol. The van der Waals surface area contributed by atoms with Crippen molar-refractivity contribution in [3.05, 3.63) is 38.7 Å². The number of likely N-dealkylation sites (tertiary alicyclic amines) is 1. The van der Waals surface area contributed by atoms with Gasteiger partial charge < -0.3 is 10.6 Å². The Kier molecular flexibility index (Phi) is 7.37. The molecule has 1 saturated heterocycles. The number of rotatable bonds is 2. The third-order valence-electron chi connectivity index (χ3n) is 4.70. The van der Waals surface area contributed by atoms with Crippen molar-refractivity contribution < 1.29 is 4.79 Å². The molecule has 0 bridgehead atoms. The van der Waals surface area contributed by atoms with Crippen molar-refractivity contribution in [1.29, 1.82) is 0 Å². The van der Waals surface area contributed by atoms with E-state index in [1.165, 1.54) is 23.9 Å². The first kappa shape index (κ1) is 22.1. The topological polar surface area (TPSA) is 103 Å². The molecular formula is C16H23Cl2N5O3. The minimum atomic E-state index is -0.454. The lowest BCUT2D eigenvalue weighted by Gasteiger charge is -2.35. The molecule has 2 aromatic heterocycles. The van der Waals surface area contributed by atoms with E-state index in [4.69, 9.17) is 5.73 Å². The summed E-state index contributed by atoms with van der Waals surface area (Å²) >= 11 is 0. The van der Waals surface area contributed by atoms with E-state index in [1.54, 1.807) is 11.9 Å². The Hall–Kier alpha value is -1.90. The van der Waals surface area contributed by atoms with Crippen LogP contribution in [0, 0.1) is 0 Å². The average Bonchev–Trinajstić information content (AvgIpc) is 2.63. The fourth-order valence-electron chi connectivity index (χ4n) is 3.26.